The van der Waals surface area contributed by atoms with Gasteiger partial charge in [0.05, 0.1) is 5.54 Å². The summed E-state index contributed by atoms with van der Waals surface area (Å²) in [4.78, 5) is 12.1. The number of rotatable bonds is 3. The Labute approximate surface area is 124 Å². The minimum Gasteiger partial charge on any atom is -0.444 e. The molecule has 0 unspecified atom stereocenters. The van der Waals surface area contributed by atoms with Gasteiger partial charge >= 0.3 is 0 Å². The summed E-state index contributed by atoms with van der Waals surface area (Å²) in [6.07, 6.45) is 4.36. The first-order valence-electron chi connectivity index (χ1n) is 6.18. The largest absolute Gasteiger partial charge is 0.444 e. The zero-order valence-electron chi connectivity index (χ0n) is 10.3. The van der Waals surface area contributed by atoms with Gasteiger partial charge in [-0.3, -0.25) is 4.79 Å². The van der Waals surface area contributed by atoms with Gasteiger partial charge in [0.2, 0.25) is 0 Å². The third kappa shape index (κ3) is 3.18. The maximum atomic E-state index is 12.1. The summed E-state index contributed by atoms with van der Waals surface area (Å²) in [7, 11) is 0. The van der Waals surface area contributed by atoms with Crippen molar-refractivity contribution < 1.29 is 9.21 Å². The highest BCUT2D eigenvalue weighted by atomic mass is 79.9. The molecule has 0 saturated heterocycles. The lowest BCUT2D eigenvalue weighted by molar-refractivity contribution is 0.0844. The summed E-state index contributed by atoms with van der Waals surface area (Å²) in [5, 5.41) is 3.92. The number of furan rings is 1. The summed E-state index contributed by atoms with van der Waals surface area (Å²) in [5.74, 6) is 0.988. The van der Waals surface area contributed by atoms with Crippen molar-refractivity contribution in [2.24, 2.45) is 5.92 Å². The highest BCUT2D eigenvalue weighted by Gasteiger charge is 2.35. The van der Waals surface area contributed by atoms with Gasteiger partial charge in [-0.05, 0) is 59.7 Å². The van der Waals surface area contributed by atoms with E-state index in [4.69, 9.17) is 4.42 Å². The van der Waals surface area contributed by atoms with E-state index in [9.17, 15) is 4.79 Å². The van der Waals surface area contributed by atoms with Gasteiger partial charge in [0.15, 0.2) is 10.4 Å². The van der Waals surface area contributed by atoms with E-state index < -0.39 is 0 Å². The third-order valence-electron chi connectivity index (χ3n) is 3.66. The maximum absolute atomic E-state index is 12.1. The smallest absolute Gasteiger partial charge is 0.287 e. The van der Waals surface area contributed by atoms with Crippen LogP contribution in [0.3, 0.4) is 0 Å². The van der Waals surface area contributed by atoms with Crippen molar-refractivity contribution in [2.75, 3.05) is 5.33 Å². The molecule has 5 heteroatoms. The van der Waals surface area contributed by atoms with Crippen LogP contribution in [0.15, 0.2) is 21.2 Å². The zero-order chi connectivity index (χ0) is 13.2. The van der Waals surface area contributed by atoms with Crippen LogP contribution in [0.4, 0.5) is 0 Å². The topological polar surface area (TPSA) is 42.2 Å². The van der Waals surface area contributed by atoms with Crippen molar-refractivity contribution in [1.82, 2.24) is 5.32 Å². The van der Waals surface area contributed by atoms with Gasteiger partial charge in [-0.25, -0.2) is 0 Å². The Morgan fingerprint density at radius 1 is 1.50 bits per heavy atom. The third-order valence-corrected chi connectivity index (χ3v) is 5.16. The molecule has 1 aromatic rings. The van der Waals surface area contributed by atoms with E-state index >= 15 is 0 Å². The molecule has 1 N–H and O–H groups in total. The highest BCUT2D eigenvalue weighted by molar-refractivity contribution is 9.10. The van der Waals surface area contributed by atoms with Crippen molar-refractivity contribution in [3.8, 4) is 0 Å². The monoisotopic (exact) mass is 377 g/mol. The predicted octanol–water partition coefficient (Wildman–Crippen LogP) is 4.12. The molecule has 0 spiro atoms. The zero-order valence-corrected chi connectivity index (χ0v) is 13.5. The standard InChI is InChI=1S/C13H17Br2NO2/c1-9-4-6-13(8-14,7-5-9)16-12(17)10-2-3-11(15)18-10/h2-3,9H,4-8H2,1H3,(H,16,17). The summed E-state index contributed by atoms with van der Waals surface area (Å²) in [5.41, 5.74) is -0.122. The molecule has 100 valence electrons. The molecule has 1 aromatic heterocycles. The molecule has 18 heavy (non-hydrogen) atoms. The van der Waals surface area contributed by atoms with Gasteiger partial charge < -0.3 is 9.73 Å². The molecule has 0 atom stereocenters. The number of nitrogens with one attached hydrogen (secondary N) is 1. The lowest BCUT2D eigenvalue weighted by Gasteiger charge is -2.38. The molecule has 1 heterocycles. The second-order valence-corrected chi connectivity index (χ2v) is 6.50. The minimum atomic E-state index is -0.130. The summed E-state index contributed by atoms with van der Waals surface area (Å²) >= 11 is 6.75. The van der Waals surface area contributed by atoms with E-state index in [1.54, 1.807) is 12.1 Å². The van der Waals surface area contributed by atoms with Crippen LogP contribution in [0, 0.1) is 5.92 Å². The van der Waals surface area contributed by atoms with E-state index in [-0.39, 0.29) is 11.4 Å². The summed E-state index contributed by atoms with van der Waals surface area (Å²) in [6, 6.07) is 3.42. The van der Waals surface area contributed by atoms with Crippen LogP contribution in [0.25, 0.3) is 0 Å². The van der Waals surface area contributed by atoms with Gasteiger partial charge in [-0.1, -0.05) is 22.9 Å². The first-order chi connectivity index (χ1) is 8.54. The first-order valence-corrected chi connectivity index (χ1v) is 8.10. The molecule has 0 aliphatic heterocycles. The molecule has 1 fully saturated rings. The fraction of sp³-hybridized carbons (Fsp3) is 0.615. The van der Waals surface area contributed by atoms with E-state index in [1.165, 1.54) is 0 Å². The van der Waals surface area contributed by atoms with Crippen molar-refractivity contribution in [3.05, 3.63) is 22.6 Å². The average molecular weight is 379 g/mol. The Hall–Kier alpha value is -0.290. The van der Waals surface area contributed by atoms with Crippen LogP contribution in [0.1, 0.15) is 43.2 Å². The van der Waals surface area contributed by atoms with Crippen LogP contribution in [0.2, 0.25) is 0 Å². The number of amides is 1. The Kier molecular flexibility index (Phi) is 4.54. The molecular weight excluding hydrogens is 362 g/mol. The van der Waals surface area contributed by atoms with Crippen LogP contribution in [0.5, 0.6) is 0 Å². The molecule has 0 radical (unpaired) electrons. The number of carbonyl (C=O) groups is 1. The predicted molar refractivity (Wildman–Crippen MR) is 78.0 cm³/mol. The maximum Gasteiger partial charge on any atom is 0.287 e. The summed E-state index contributed by atoms with van der Waals surface area (Å²) in [6.45, 7) is 2.27. The van der Waals surface area contributed by atoms with Crippen molar-refractivity contribution >= 4 is 37.8 Å². The van der Waals surface area contributed by atoms with Gasteiger partial charge in [0.1, 0.15) is 0 Å². The lowest BCUT2D eigenvalue weighted by Crippen LogP contribution is -2.51. The molecule has 0 aromatic carbocycles. The molecule has 2 rings (SSSR count). The fourth-order valence-corrected chi connectivity index (χ4v) is 3.35. The number of halogens is 2. The van der Waals surface area contributed by atoms with Gasteiger partial charge in [-0.15, -0.1) is 0 Å². The molecule has 1 saturated carbocycles. The first kappa shape index (κ1) is 14.1. The number of hydrogen-bond acceptors (Lipinski definition) is 2. The Morgan fingerprint density at radius 2 is 2.17 bits per heavy atom. The molecule has 3 nitrogen and oxygen atoms in total. The quantitative estimate of drug-likeness (QED) is 0.804. The average Bonchev–Trinajstić information content (AvgIpc) is 2.79. The van der Waals surface area contributed by atoms with Crippen LogP contribution in [-0.4, -0.2) is 16.8 Å². The van der Waals surface area contributed by atoms with E-state index in [0.29, 0.717) is 10.4 Å². The van der Waals surface area contributed by atoms with E-state index in [2.05, 4.69) is 44.1 Å². The van der Waals surface area contributed by atoms with E-state index in [1.807, 2.05) is 0 Å². The minimum absolute atomic E-state index is 0.122. The van der Waals surface area contributed by atoms with Crippen LogP contribution in [-0.2, 0) is 0 Å². The molecule has 1 amide bonds. The second-order valence-electron chi connectivity index (χ2n) is 5.15. The Balaban J connectivity index is 2.04. The molecule has 1 aliphatic carbocycles. The van der Waals surface area contributed by atoms with Gasteiger partial charge in [0, 0.05) is 5.33 Å². The Bertz CT molecular complexity index is 422. The van der Waals surface area contributed by atoms with Gasteiger partial charge in [0.25, 0.3) is 5.91 Å². The second kappa shape index (κ2) is 5.78. The lowest BCUT2D eigenvalue weighted by atomic mass is 9.78. The van der Waals surface area contributed by atoms with Crippen molar-refractivity contribution in [3.63, 3.8) is 0 Å². The van der Waals surface area contributed by atoms with Crippen LogP contribution >= 0.6 is 31.9 Å². The van der Waals surface area contributed by atoms with Gasteiger partial charge in [-0.2, -0.15) is 0 Å². The number of carbonyl (C=O) groups excluding carboxylic acids is 1. The SMILES string of the molecule is CC1CCC(CBr)(NC(=O)c2ccc(Br)o2)CC1. The Morgan fingerprint density at radius 3 is 2.67 bits per heavy atom. The highest BCUT2D eigenvalue weighted by Crippen LogP contribution is 2.33. The molecule has 0 bridgehead atoms. The number of hydrogen-bond donors (Lipinski definition) is 1. The van der Waals surface area contributed by atoms with Crippen molar-refractivity contribution in [2.45, 2.75) is 38.1 Å². The van der Waals surface area contributed by atoms with Crippen molar-refractivity contribution in [1.29, 1.82) is 0 Å². The molecular formula is C13H17Br2NO2. The summed E-state index contributed by atoms with van der Waals surface area (Å²) < 4.78 is 5.87. The fourth-order valence-electron chi connectivity index (χ4n) is 2.35. The van der Waals surface area contributed by atoms with E-state index in [0.717, 1.165) is 36.9 Å². The van der Waals surface area contributed by atoms with Crippen LogP contribution < -0.4 is 5.32 Å². The normalized spacial score (nSPS) is 28.1. The molecule has 1 aliphatic rings. The number of alkyl halides is 1.